The molecule has 220 valence electrons. The van der Waals surface area contributed by atoms with E-state index >= 15 is 0 Å². The number of hydrogen-bond acceptors (Lipinski definition) is 6. The van der Waals surface area contributed by atoms with Crippen molar-refractivity contribution in [3.63, 3.8) is 0 Å². The lowest BCUT2D eigenvalue weighted by Crippen LogP contribution is -2.19. The van der Waals surface area contributed by atoms with Crippen molar-refractivity contribution in [2.45, 2.75) is 72.8 Å². The Morgan fingerprint density at radius 2 is 1.63 bits per heavy atom. The van der Waals surface area contributed by atoms with E-state index in [1.165, 1.54) is 55.5 Å². The molecular weight excluding hydrogens is 514 g/mol. The van der Waals surface area contributed by atoms with Crippen molar-refractivity contribution in [1.29, 1.82) is 0 Å². The molecule has 0 aromatic heterocycles. The van der Waals surface area contributed by atoms with Gasteiger partial charge in [-0.3, -0.25) is 10.1 Å². The van der Waals surface area contributed by atoms with Gasteiger partial charge in [-0.25, -0.2) is 4.79 Å². The van der Waals surface area contributed by atoms with Gasteiger partial charge in [-0.05, 0) is 67.3 Å². The fourth-order valence-electron chi connectivity index (χ4n) is 4.10. The summed E-state index contributed by atoms with van der Waals surface area (Å²) in [6, 6.07) is 19.2. The van der Waals surface area contributed by atoms with Gasteiger partial charge in [-0.2, -0.15) is 0 Å². The summed E-state index contributed by atoms with van der Waals surface area (Å²) >= 11 is 0. The number of aryl methyl sites for hydroxylation is 1. The number of hydrogen-bond donors (Lipinski definition) is 2. The molecule has 0 heterocycles. The summed E-state index contributed by atoms with van der Waals surface area (Å²) in [5, 5.41) is 12.9. The van der Waals surface area contributed by atoms with Crippen molar-refractivity contribution < 1.29 is 24.2 Å². The highest BCUT2D eigenvalue weighted by Gasteiger charge is 2.22. The van der Waals surface area contributed by atoms with Crippen LogP contribution in [-0.2, 0) is 6.42 Å². The highest BCUT2D eigenvalue weighted by atomic mass is 16.5. The highest BCUT2D eigenvalue weighted by molar-refractivity contribution is 5.99. The molecule has 6 heteroatoms. The van der Waals surface area contributed by atoms with Crippen LogP contribution in [0.1, 0.15) is 98.2 Å². The summed E-state index contributed by atoms with van der Waals surface area (Å²) in [4.78, 5) is 23.3. The molecule has 2 N–H and O–H groups in total. The maximum atomic E-state index is 11.9. The molecule has 3 aromatic carbocycles. The minimum Gasteiger partial charge on any atom is -0.507 e. The maximum Gasteiger partial charge on any atom is 0.347 e. The Morgan fingerprint density at radius 3 is 2.20 bits per heavy atom. The molecule has 0 spiro atoms. The molecule has 0 amide bonds. The Labute approximate surface area is 246 Å². The summed E-state index contributed by atoms with van der Waals surface area (Å²) in [5.74, 6) is 2.66. The van der Waals surface area contributed by atoms with E-state index in [-0.39, 0.29) is 22.8 Å². The van der Waals surface area contributed by atoms with Gasteiger partial charge in [0, 0.05) is 6.04 Å². The van der Waals surface area contributed by atoms with Gasteiger partial charge in [-0.1, -0.05) is 83.2 Å². The molecule has 0 saturated heterocycles. The van der Waals surface area contributed by atoms with E-state index in [4.69, 9.17) is 15.9 Å². The number of rotatable bonds is 8. The van der Waals surface area contributed by atoms with E-state index in [0.717, 1.165) is 18.6 Å². The Bertz CT molecular complexity index is 1260. The lowest BCUT2D eigenvalue weighted by Gasteiger charge is -2.12. The number of Topliss-reactive ketones (excluding diaryl/α,β-unsaturated/α-hetero) is 1. The van der Waals surface area contributed by atoms with Crippen LogP contribution in [0.5, 0.6) is 17.2 Å². The molecule has 0 fully saturated rings. The molecule has 1 atom stereocenters. The number of terminal acetylenes is 1. The summed E-state index contributed by atoms with van der Waals surface area (Å²) in [6.07, 6.45) is 11.6. The van der Waals surface area contributed by atoms with Gasteiger partial charge in [0.2, 0.25) is 0 Å². The zero-order valence-corrected chi connectivity index (χ0v) is 25.3. The second-order valence-corrected chi connectivity index (χ2v) is 9.05. The van der Waals surface area contributed by atoms with E-state index in [1.807, 2.05) is 19.9 Å². The zero-order valence-electron chi connectivity index (χ0n) is 25.3. The summed E-state index contributed by atoms with van der Waals surface area (Å²) in [7, 11) is 1.69. The third-order valence-electron chi connectivity index (χ3n) is 6.18. The largest absolute Gasteiger partial charge is 0.507 e. The van der Waals surface area contributed by atoms with Crippen molar-refractivity contribution in [2.24, 2.45) is 0 Å². The molecule has 6 nitrogen and oxygen atoms in total. The minimum atomic E-state index is -0.702. The van der Waals surface area contributed by atoms with Gasteiger partial charge < -0.3 is 14.6 Å². The van der Waals surface area contributed by atoms with Crippen LogP contribution in [-0.4, -0.2) is 30.5 Å². The Kier molecular flexibility index (Phi) is 17.0. The van der Waals surface area contributed by atoms with Crippen molar-refractivity contribution >= 4 is 11.8 Å². The van der Waals surface area contributed by atoms with Crippen LogP contribution in [0.2, 0.25) is 0 Å². The second kappa shape index (κ2) is 19.9. The van der Waals surface area contributed by atoms with Crippen LogP contribution in [0.25, 0.3) is 0 Å². The van der Waals surface area contributed by atoms with Crippen molar-refractivity contribution in [1.82, 2.24) is 5.32 Å². The number of phenolic OH excluding ortho intramolecular Hbond substituents is 1. The number of carbonyl (C=O) groups is 2. The standard InChI is InChI=1S/C15H12O4.C13H15NO.C5H12.C2H6/c1-10(16)11-6-3-5-9-14(11)19-15(18)12-7-2-4-8-13(12)17;1-3-8-14-13-7-5-10-4-6-11(15-2)9-12(10)13;1-3-5-4-2;1-2/h2-9,17H,1H3;1,4,6,9,13-14H,5,7-8H2,2H3;3-5H2,1-2H3;1-2H3/t;13-;;/m.1../s1. The molecule has 0 radical (unpaired) electrons. The van der Waals surface area contributed by atoms with Crippen LogP contribution in [0.4, 0.5) is 0 Å². The smallest absolute Gasteiger partial charge is 0.347 e. The van der Waals surface area contributed by atoms with E-state index < -0.39 is 5.97 Å². The van der Waals surface area contributed by atoms with Gasteiger partial charge in [-0.15, -0.1) is 6.42 Å². The molecule has 0 bridgehead atoms. The maximum absolute atomic E-state index is 11.9. The molecular formula is C35H45NO5. The number of phenols is 1. The SMILES string of the molecule is C#CCN[C@@H]1CCc2ccc(OC)cc21.CC.CC(=O)c1ccccc1OC(=O)c1ccccc1O.CCCCC. The lowest BCUT2D eigenvalue weighted by molar-refractivity contribution is 0.0730. The fraction of sp³-hybridized carbons (Fsp3) is 0.371. The molecule has 41 heavy (non-hydrogen) atoms. The van der Waals surface area contributed by atoms with E-state index in [2.05, 4.69) is 37.2 Å². The first kappa shape index (κ1) is 34.9. The first-order valence-electron chi connectivity index (χ1n) is 14.3. The number of unbranched alkanes of at least 4 members (excludes halogenated alkanes) is 2. The molecule has 3 aromatic rings. The molecule has 0 unspecified atom stereocenters. The predicted molar refractivity (Wildman–Crippen MR) is 167 cm³/mol. The summed E-state index contributed by atoms with van der Waals surface area (Å²) in [5.41, 5.74) is 3.13. The number of fused-ring (bicyclic) bond motifs is 1. The quantitative estimate of drug-likeness (QED) is 0.126. The Balaban J connectivity index is 0.000000341. The number of aromatic hydroxyl groups is 1. The summed E-state index contributed by atoms with van der Waals surface area (Å²) < 4.78 is 10.4. The monoisotopic (exact) mass is 559 g/mol. The topological polar surface area (TPSA) is 84.9 Å². The predicted octanol–water partition coefficient (Wildman–Crippen LogP) is 7.94. The molecule has 0 saturated carbocycles. The number of nitrogens with one attached hydrogen (secondary N) is 1. The van der Waals surface area contributed by atoms with Crippen LogP contribution in [0.15, 0.2) is 66.7 Å². The van der Waals surface area contributed by atoms with Crippen LogP contribution < -0.4 is 14.8 Å². The molecule has 4 rings (SSSR count). The Morgan fingerprint density at radius 1 is 1.00 bits per heavy atom. The summed E-state index contributed by atoms with van der Waals surface area (Å²) in [6.45, 7) is 10.4. The number of carbonyl (C=O) groups excluding carboxylic acids is 2. The van der Waals surface area contributed by atoms with Gasteiger partial charge in [0.15, 0.2) is 5.78 Å². The zero-order chi connectivity index (χ0) is 30.6. The number of para-hydroxylation sites is 2. The molecule has 1 aliphatic carbocycles. The number of ketones is 1. The van der Waals surface area contributed by atoms with Crippen molar-refractivity contribution in [3.05, 3.63) is 89.0 Å². The number of esters is 1. The third-order valence-corrected chi connectivity index (χ3v) is 6.18. The average molecular weight is 560 g/mol. The van der Waals surface area contributed by atoms with Gasteiger partial charge in [0.05, 0.1) is 19.2 Å². The number of methoxy groups -OCH3 is 1. The van der Waals surface area contributed by atoms with E-state index in [0.29, 0.717) is 18.2 Å². The first-order valence-corrected chi connectivity index (χ1v) is 14.3. The Hall–Kier alpha value is -4.08. The second-order valence-electron chi connectivity index (χ2n) is 9.05. The minimum absolute atomic E-state index is 0.0563. The van der Waals surface area contributed by atoms with E-state index in [1.54, 1.807) is 37.4 Å². The average Bonchev–Trinajstić information content (AvgIpc) is 3.40. The normalized spacial score (nSPS) is 12.5. The molecule has 0 aliphatic heterocycles. The van der Waals surface area contributed by atoms with Gasteiger partial charge in [0.1, 0.15) is 22.8 Å². The fourth-order valence-corrected chi connectivity index (χ4v) is 4.10. The van der Waals surface area contributed by atoms with Crippen molar-refractivity contribution in [3.8, 4) is 29.6 Å². The molecule has 1 aliphatic rings. The van der Waals surface area contributed by atoms with Crippen LogP contribution in [0, 0.1) is 12.3 Å². The van der Waals surface area contributed by atoms with Crippen LogP contribution in [0.3, 0.4) is 0 Å². The third kappa shape index (κ3) is 11.5. The van der Waals surface area contributed by atoms with E-state index in [9.17, 15) is 14.7 Å². The van der Waals surface area contributed by atoms with Crippen LogP contribution >= 0.6 is 0 Å². The lowest BCUT2D eigenvalue weighted by atomic mass is 10.1. The highest BCUT2D eigenvalue weighted by Crippen LogP contribution is 2.33. The first-order chi connectivity index (χ1) is 19.9. The number of ether oxygens (including phenoxy) is 2. The van der Waals surface area contributed by atoms with Gasteiger partial charge in [0.25, 0.3) is 0 Å². The van der Waals surface area contributed by atoms with Gasteiger partial charge >= 0.3 is 5.97 Å². The number of benzene rings is 3. The van der Waals surface area contributed by atoms with Crippen molar-refractivity contribution in [2.75, 3.05) is 13.7 Å².